The fourth-order valence-electron chi connectivity index (χ4n) is 2.93. The van der Waals surface area contributed by atoms with E-state index >= 15 is 0 Å². The average Bonchev–Trinajstić information content (AvgIpc) is 3.26. The largest absolute Gasteiger partial charge is 0.335 e. The first-order valence-electron chi connectivity index (χ1n) is 7.82. The number of benzene rings is 1. The molecule has 24 heavy (non-hydrogen) atoms. The van der Waals surface area contributed by atoms with Crippen molar-refractivity contribution in [3.05, 3.63) is 48.5 Å². The van der Waals surface area contributed by atoms with Crippen LogP contribution in [0.5, 0.6) is 0 Å². The fraction of sp³-hybridized carbons (Fsp3) is 0.278. The van der Waals surface area contributed by atoms with Gasteiger partial charge in [-0.2, -0.15) is 0 Å². The zero-order valence-electron chi connectivity index (χ0n) is 13.2. The van der Waals surface area contributed by atoms with Crippen molar-refractivity contribution in [3.63, 3.8) is 0 Å². The lowest BCUT2D eigenvalue weighted by Gasteiger charge is -2.24. The highest BCUT2D eigenvalue weighted by atomic mass is 16.2. The summed E-state index contributed by atoms with van der Waals surface area (Å²) in [6, 6.07) is 6.89. The molecule has 1 fully saturated rings. The third kappa shape index (κ3) is 3.46. The maximum Gasteiger partial charge on any atom is 0.313 e. The van der Waals surface area contributed by atoms with E-state index < -0.39 is 11.8 Å². The highest BCUT2D eigenvalue weighted by molar-refractivity contribution is 6.39. The van der Waals surface area contributed by atoms with Crippen molar-refractivity contribution in [1.29, 1.82) is 0 Å². The molecular formula is C18H18N4O2. The number of rotatable bonds is 3. The van der Waals surface area contributed by atoms with E-state index in [-0.39, 0.29) is 6.04 Å². The molecule has 2 amide bonds. The van der Waals surface area contributed by atoms with Gasteiger partial charge in [0.1, 0.15) is 0 Å². The number of hydrogen-bond acceptors (Lipinski definition) is 3. The summed E-state index contributed by atoms with van der Waals surface area (Å²) in [6.45, 7) is 1.24. The Labute approximate surface area is 140 Å². The van der Waals surface area contributed by atoms with Gasteiger partial charge >= 0.3 is 11.8 Å². The third-order valence-electron chi connectivity index (χ3n) is 4.10. The minimum atomic E-state index is -0.637. The molecule has 0 saturated carbocycles. The second-order valence-electron chi connectivity index (χ2n) is 5.73. The maximum absolute atomic E-state index is 12.5. The minimum absolute atomic E-state index is 0.00879. The molecule has 1 aromatic carbocycles. The quantitative estimate of drug-likeness (QED) is 0.688. The molecule has 1 saturated heterocycles. The SMILES string of the molecule is C#Cc1cccc(NC(=O)C(=O)N2CCC[C@@H]2Cn2ccnc2)c1. The predicted molar refractivity (Wildman–Crippen MR) is 90.0 cm³/mol. The van der Waals surface area contributed by atoms with E-state index in [0.29, 0.717) is 24.3 Å². The van der Waals surface area contributed by atoms with Gasteiger partial charge in [0.05, 0.1) is 12.4 Å². The monoisotopic (exact) mass is 322 g/mol. The number of amides is 2. The topological polar surface area (TPSA) is 67.2 Å². The maximum atomic E-state index is 12.5. The summed E-state index contributed by atoms with van der Waals surface area (Å²) in [6.07, 6.45) is 12.4. The molecule has 1 aliphatic rings. The summed E-state index contributed by atoms with van der Waals surface area (Å²) >= 11 is 0. The molecule has 2 aromatic rings. The molecule has 1 atom stereocenters. The van der Waals surface area contributed by atoms with E-state index in [1.165, 1.54) is 0 Å². The van der Waals surface area contributed by atoms with Gasteiger partial charge < -0.3 is 14.8 Å². The van der Waals surface area contributed by atoms with Gasteiger partial charge in [-0.25, -0.2) is 4.98 Å². The van der Waals surface area contributed by atoms with Crippen LogP contribution in [0.1, 0.15) is 18.4 Å². The minimum Gasteiger partial charge on any atom is -0.335 e. The van der Waals surface area contributed by atoms with Crippen LogP contribution in [0.4, 0.5) is 5.69 Å². The number of carbonyl (C=O) groups is 2. The van der Waals surface area contributed by atoms with Crippen molar-refractivity contribution in [2.24, 2.45) is 0 Å². The smallest absolute Gasteiger partial charge is 0.313 e. The summed E-state index contributed by atoms with van der Waals surface area (Å²) < 4.78 is 1.92. The molecule has 0 radical (unpaired) electrons. The lowest BCUT2D eigenvalue weighted by molar-refractivity contribution is -0.143. The molecule has 0 unspecified atom stereocenters. The van der Waals surface area contributed by atoms with Crippen LogP contribution >= 0.6 is 0 Å². The zero-order chi connectivity index (χ0) is 16.9. The molecule has 1 aromatic heterocycles. The predicted octanol–water partition coefficient (Wildman–Crippen LogP) is 1.49. The van der Waals surface area contributed by atoms with Gasteiger partial charge in [0, 0.05) is 36.7 Å². The van der Waals surface area contributed by atoms with Crippen LogP contribution in [0.15, 0.2) is 43.0 Å². The van der Waals surface area contributed by atoms with Crippen LogP contribution in [0.3, 0.4) is 0 Å². The molecular weight excluding hydrogens is 304 g/mol. The van der Waals surface area contributed by atoms with Crippen molar-refractivity contribution in [2.75, 3.05) is 11.9 Å². The molecule has 2 heterocycles. The van der Waals surface area contributed by atoms with Crippen LogP contribution in [-0.2, 0) is 16.1 Å². The Morgan fingerprint density at radius 1 is 1.42 bits per heavy atom. The molecule has 1 N–H and O–H groups in total. The number of anilines is 1. The lowest BCUT2D eigenvalue weighted by Crippen LogP contribution is -2.44. The standard InChI is InChI=1S/C18H18N4O2/c1-2-14-5-3-6-15(11-14)20-17(23)18(24)22-9-4-7-16(22)12-21-10-8-19-13-21/h1,3,5-6,8,10-11,13,16H,4,7,9,12H2,(H,20,23)/t16-/m1/s1. The Morgan fingerprint density at radius 2 is 2.29 bits per heavy atom. The third-order valence-corrected chi connectivity index (χ3v) is 4.10. The summed E-state index contributed by atoms with van der Waals surface area (Å²) in [5.41, 5.74) is 1.17. The summed E-state index contributed by atoms with van der Waals surface area (Å²) in [4.78, 5) is 30.4. The first-order valence-corrected chi connectivity index (χ1v) is 7.82. The van der Waals surface area contributed by atoms with Crippen LogP contribution in [0.25, 0.3) is 0 Å². The van der Waals surface area contributed by atoms with Gasteiger partial charge in [-0.05, 0) is 31.0 Å². The van der Waals surface area contributed by atoms with Crippen molar-refractivity contribution < 1.29 is 9.59 Å². The van der Waals surface area contributed by atoms with E-state index in [9.17, 15) is 9.59 Å². The van der Waals surface area contributed by atoms with Gasteiger partial charge in [-0.1, -0.05) is 12.0 Å². The van der Waals surface area contributed by atoms with Crippen molar-refractivity contribution in [3.8, 4) is 12.3 Å². The van der Waals surface area contributed by atoms with Gasteiger partial charge in [0.25, 0.3) is 0 Å². The van der Waals surface area contributed by atoms with E-state index in [1.54, 1.807) is 41.7 Å². The van der Waals surface area contributed by atoms with E-state index in [2.05, 4.69) is 16.2 Å². The van der Waals surface area contributed by atoms with Crippen molar-refractivity contribution in [1.82, 2.24) is 14.5 Å². The van der Waals surface area contributed by atoms with Gasteiger partial charge in [0.15, 0.2) is 0 Å². The number of carbonyl (C=O) groups excluding carboxylic acids is 2. The van der Waals surface area contributed by atoms with Crippen LogP contribution in [0, 0.1) is 12.3 Å². The summed E-state index contributed by atoms with van der Waals surface area (Å²) in [7, 11) is 0. The highest BCUT2D eigenvalue weighted by Gasteiger charge is 2.32. The fourth-order valence-corrected chi connectivity index (χ4v) is 2.93. The Hall–Kier alpha value is -3.07. The number of terminal acetylenes is 1. The molecule has 1 aliphatic heterocycles. The number of imidazole rings is 1. The summed E-state index contributed by atoms with van der Waals surface area (Å²) in [5, 5.41) is 2.63. The molecule has 6 heteroatoms. The van der Waals surface area contributed by atoms with Crippen molar-refractivity contribution >= 4 is 17.5 Å². The molecule has 122 valence electrons. The van der Waals surface area contributed by atoms with Gasteiger partial charge in [-0.15, -0.1) is 6.42 Å². The van der Waals surface area contributed by atoms with Crippen LogP contribution in [0.2, 0.25) is 0 Å². The molecule has 0 aliphatic carbocycles. The Morgan fingerprint density at radius 3 is 3.04 bits per heavy atom. The normalized spacial score (nSPS) is 16.6. The van der Waals surface area contributed by atoms with Crippen LogP contribution in [-0.4, -0.2) is 38.9 Å². The second kappa shape index (κ2) is 7.01. The number of nitrogens with one attached hydrogen (secondary N) is 1. The number of nitrogens with zero attached hydrogens (tertiary/aromatic N) is 3. The second-order valence-corrected chi connectivity index (χ2v) is 5.73. The molecule has 0 spiro atoms. The lowest BCUT2D eigenvalue weighted by atomic mass is 10.2. The molecule has 3 rings (SSSR count). The zero-order valence-corrected chi connectivity index (χ0v) is 13.2. The van der Waals surface area contributed by atoms with Crippen LogP contribution < -0.4 is 5.32 Å². The van der Waals surface area contributed by atoms with Gasteiger partial charge in [0.2, 0.25) is 0 Å². The Balaban J connectivity index is 1.66. The van der Waals surface area contributed by atoms with E-state index in [4.69, 9.17) is 6.42 Å². The average molecular weight is 322 g/mol. The Kier molecular flexibility index (Phi) is 4.62. The number of hydrogen-bond donors (Lipinski definition) is 1. The van der Waals surface area contributed by atoms with E-state index in [1.807, 2.05) is 10.8 Å². The Bertz CT molecular complexity index is 777. The van der Waals surface area contributed by atoms with Gasteiger partial charge in [-0.3, -0.25) is 9.59 Å². The molecule has 0 bridgehead atoms. The first kappa shape index (κ1) is 15.8. The highest BCUT2D eigenvalue weighted by Crippen LogP contribution is 2.20. The molecule has 6 nitrogen and oxygen atoms in total. The van der Waals surface area contributed by atoms with Crippen molar-refractivity contribution in [2.45, 2.75) is 25.4 Å². The summed E-state index contributed by atoms with van der Waals surface area (Å²) in [5.74, 6) is 1.35. The number of aromatic nitrogens is 2. The van der Waals surface area contributed by atoms with E-state index in [0.717, 1.165) is 12.8 Å². The first-order chi connectivity index (χ1) is 11.7. The number of likely N-dealkylation sites (tertiary alicyclic amines) is 1.